The monoisotopic (exact) mass is 308 g/mol. The number of carbonyl (C=O) groups excluding carboxylic acids is 1. The van der Waals surface area contributed by atoms with Crippen LogP contribution in [-0.4, -0.2) is 29.6 Å². The molecule has 0 aromatic carbocycles. The molecule has 4 aliphatic rings. The highest BCUT2D eigenvalue weighted by molar-refractivity contribution is 5.87. The molecule has 4 saturated carbocycles. The summed E-state index contributed by atoms with van der Waals surface area (Å²) in [6, 6.07) is -0.757. The number of nitrogens with two attached hydrogens (primary N) is 1. The van der Waals surface area contributed by atoms with Crippen molar-refractivity contribution in [2.75, 3.05) is 6.54 Å². The second kappa shape index (κ2) is 6.19. The highest BCUT2D eigenvalue weighted by Crippen LogP contribution is 2.60. The van der Waals surface area contributed by atoms with Gasteiger partial charge in [-0.2, -0.15) is 0 Å². The summed E-state index contributed by atoms with van der Waals surface area (Å²) in [7, 11) is 0. The van der Waals surface area contributed by atoms with Gasteiger partial charge in [0, 0.05) is 5.41 Å². The van der Waals surface area contributed by atoms with Crippen LogP contribution in [0.5, 0.6) is 0 Å². The molecule has 4 bridgehead atoms. The Morgan fingerprint density at radius 2 is 1.64 bits per heavy atom. The van der Waals surface area contributed by atoms with Crippen LogP contribution in [-0.2, 0) is 9.59 Å². The van der Waals surface area contributed by atoms with Crippen molar-refractivity contribution in [1.82, 2.24) is 5.32 Å². The molecule has 0 spiro atoms. The van der Waals surface area contributed by atoms with Crippen molar-refractivity contribution in [2.45, 2.75) is 63.8 Å². The first kappa shape index (κ1) is 15.8. The van der Waals surface area contributed by atoms with Crippen LogP contribution in [0.25, 0.3) is 0 Å². The average molecular weight is 308 g/mol. The van der Waals surface area contributed by atoms with Crippen molar-refractivity contribution in [2.24, 2.45) is 28.9 Å². The minimum Gasteiger partial charge on any atom is -0.480 e. The van der Waals surface area contributed by atoms with E-state index in [4.69, 9.17) is 5.73 Å². The van der Waals surface area contributed by atoms with E-state index < -0.39 is 12.0 Å². The van der Waals surface area contributed by atoms with Crippen LogP contribution < -0.4 is 11.1 Å². The molecule has 4 aliphatic carbocycles. The molecular weight excluding hydrogens is 280 g/mol. The van der Waals surface area contributed by atoms with Gasteiger partial charge in [0.2, 0.25) is 5.91 Å². The SMILES string of the molecule is NCCCC[C@H](NC(=O)C12CC3CC(CC(C3)C1)C2)C(=O)O. The van der Waals surface area contributed by atoms with Gasteiger partial charge in [0.1, 0.15) is 6.04 Å². The van der Waals surface area contributed by atoms with Gasteiger partial charge in [-0.15, -0.1) is 0 Å². The van der Waals surface area contributed by atoms with E-state index in [1.165, 1.54) is 19.3 Å². The lowest BCUT2D eigenvalue weighted by Gasteiger charge is -2.55. The number of aliphatic carboxylic acids is 1. The molecule has 4 rings (SSSR count). The number of rotatable bonds is 7. The zero-order valence-electron chi connectivity index (χ0n) is 13.2. The molecule has 0 radical (unpaired) electrons. The van der Waals surface area contributed by atoms with Crippen LogP contribution in [0.4, 0.5) is 0 Å². The molecule has 0 aromatic heterocycles. The Kier molecular flexibility index (Phi) is 4.44. The molecular formula is C17H28N2O3. The molecule has 1 amide bonds. The van der Waals surface area contributed by atoms with E-state index in [9.17, 15) is 14.7 Å². The number of nitrogens with one attached hydrogen (secondary N) is 1. The topological polar surface area (TPSA) is 92.4 Å². The molecule has 0 unspecified atom stereocenters. The molecule has 4 N–H and O–H groups in total. The smallest absolute Gasteiger partial charge is 0.326 e. The van der Waals surface area contributed by atoms with Crippen molar-refractivity contribution in [3.8, 4) is 0 Å². The Hall–Kier alpha value is -1.10. The van der Waals surface area contributed by atoms with Gasteiger partial charge in [-0.25, -0.2) is 4.79 Å². The quantitative estimate of drug-likeness (QED) is 0.626. The van der Waals surface area contributed by atoms with E-state index in [1.807, 2.05) is 0 Å². The van der Waals surface area contributed by atoms with Gasteiger partial charge < -0.3 is 16.2 Å². The third kappa shape index (κ3) is 3.00. The molecule has 4 fully saturated rings. The summed E-state index contributed by atoms with van der Waals surface area (Å²) >= 11 is 0. The van der Waals surface area contributed by atoms with Crippen LogP contribution in [0.2, 0.25) is 0 Å². The second-order valence-corrected chi connectivity index (χ2v) is 7.85. The Morgan fingerprint density at radius 1 is 1.09 bits per heavy atom. The van der Waals surface area contributed by atoms with Crippen LogP contribution in [0.1, 0.15) is 57.8 Å². The van der Waals surface area contributed by atoms with Gasteiger partial charge >= 0.3 is 5.97 Å². The summed E-state index contributed by atoms with van der Waals surface area (Å²) in [4.78, 5) is 24.3. The number of unbranched alkanes of at least 4 members (excludes halogenated alkanes) is 1. The zero-order chi connectivity index (χ0) is 15.7. The Labute approximate surface area is 132 Å². The summed E-state index contributed by atoms with van der Waals surface area (Å²) < 4.78 is 0. The fraction of sp³-hybridized carbons (Fsp3) is 0.882. The van der Waals surface area contributed by atoms with Gasteiger partial charge in [0.25, 0.3) is 0 Å². The molecule has 0 aliphatic heterocycles. The third-order valence-corrected chi connectivity index (χ3v) is 6.07. The van der Waals surface area contributed by atoms with Gasteiger partial charge in [0.05, 0.1) is 0 Å². The molecule has 0 aromatic rings. The van der Waals surface area contributed by atoms with Crippen molar-refractivity contribution in [1.29, 1.82) is 0 Å². The van der Waals surface area contributed by atoms with Crippen LogP contribution in [0, 0.1) is 23.2 Å². The van der Waals surface area contributed by atoms with E-state index in [-0.39, 0.29) is 11.3 Å². The van der Waals surface area contributed by atoms with Gasteiger partial charge in [-0.1, -0.05) is 0 Å². The van der Waals surface area contributed by atoms with E-state index in [1.54, 1.807) is 0 Å². The fourth-order valence-corrected chi connectivity index (χ4v) is 5.45. The van der Waals surface area contributed by atoms with Gasteiger partial charge in [-0.3, -0.25) is 4.79 Å². The molecule has 124 valence electrons. The molecule has 22 heavy (non-hydrogen) atoms. The lowest BCUT2D eigenvalue weighted by Crippen LogP contribution is -2.56. The second-order valence-electron chi connectivity index (χ2n) is 7.85. The molecule has 5 nitrogen and oxygen atoms in total. The Balaban J connectivity index is 1.64. The summed E-state index contributed by atoms with van der Waals surface area (Å²) in [5, 5.41) is 12.2. The maximum atomic E-state index is 12.8. The minimum atomic E-state index is -0.921. The first-order valence-corrected chi connectivity index (χ1v) is 8.76. The average Bonchev–Trinajstić information content (AvgIpc) is 2.44. The zero-order valence-corrected chi connectivity index (χ0v) is 13.2. The van der Waals surface area contributed by atoms with Crippen LogP contribution >= 0.6 is 0 Å². The maximum absolute atomic E-state index is 12.8. The van der Waals surface area contributed by atoms with E-state index in [0.29, 0.717) is 30.7 Å². The molecule has 5 heteroatoms. The number of carboxylic acids is 1. The van der Waals surface area contributed by atoms with Gasteiger partial charge in [-0.05, 0) is 82.1 Å². The summed E-state index contributed by atoms with van der Waals surface area (Å²) in [6.07, 6.45) is 8.79. The highest BCUT2D eigenvalue weighted by Gasteiger charge is 2.54. The first-order valence-electron chi connectivity index (χ1n) is 8.76. The first-order chi connectivity index (χ1) is 10.5. The molecule has 0 saturated heterocycles. The minimum absolute atomic E-state index is 0.00625. The maximum Gasteiger partial charge on any atom is 0.326 e. The third-order valence-electron chi connectivity index (χ3n) is 6.07. The predicted molar refractivity (Wildman–Crippen MR) is 83.1 cm³/mol. The van der Waals surface area contributed by atoms with Crippen molar-refractivity contribution in [3.05, 3.63) is 0 Å². The lowest BCUT2D eigenvalue weighted by atomic mass is 9.49. The summed E-state index contributed by atoms with van der Waals surface area (Å²) in [6.45, 7) is 0.565. The normalized spacial score (nSPS) is 37.0. The van der Waals surface area contributed by atoms with Crippen LogP contribution in [0.15, 0.2) is 0 Å². The summed E-state index contributed by atoms with van der Waals surface area (Å²) in [5.74, 6) is 1.16. The number of hydrogen-bond acceptors (Lipinski definition) is 3. The Morgan fingerprint density at radius 3 is 2.09 bits per heavy atom. The van der Waals surface area contributed by atoms with Crippen LogP contribution in [0.3, 0.4) is 0 Å². The van der Waals surface area contributed by atoms with E-state index in [2.05, 4.69) is 5.32 Å². The van der Waals surface area contributed by atoms with Gasteiger partial charge in [0.15, 0.2) is 0 Å². The number of amides is 1. The highest BCUT2D eigenvalue weighted by atomic mass is 16.4. The lowest BCUT2D eigenvalue weighted by molar-refractivity contribution is -0.151. The summed E-state index contributed by atoms with van der Waals surface area (Å²) in [5.41, 5.74) is 5.19. The van der Waals surface area contributed by atoms with Crippen molar-refractivity contribution in [3.63, 3.8) is 0 Å². The molecule has 1 atom stereocenters. The largest absolute Gasteiger partial charge is 0.480 e. The Bertz CT molecular complexity index is 414. The van der Waals surface area contributed by atoms with Crippen molar-refractivity contribution >= 4 is 11.9 Å². The standard InChI is InChI=1S/C17H28N2O3/c18-4-2-1-3-14(15(20)21)19-16(22)17-8-11-5-12(9-17)7-13(6-11)10-17/h11-14H,1-10,18H2,(H,19,22)(H,20,21)/t11?,12?,13?,14-,17?/m0/s1. The fourth-order valence-electron chi connectivity index (χ4n) is 5.45. The number of carboxylic acid groups (broad SMARTS) is 1. The predicted octanol–water partition coefficient (Wildman–Crippen LogP) is 1.90. The number of carbonyl (C=O) groups is 2. The van der Waals surface area contributed by atoms with E-state index >= 15 is 0 Å². The molecule has 0 heterocycles. The number of hydrogen-bond donors (Lipinski definition) is 3. The van der Waals surface area contributed by atoms with E-state index in [0.717, 1.165) is 32.1 Å². The van der Waals surface area contributed by atoms with Crippen molar-refractivity contribution < 1.29 is 14.7 Å².